The predicted octanol–water partition coefficient (Wildman–Crippen LogP) is 1.45. The van der Waals surface area contributed by atoms with Gasteiger partial charge in [0.1, 0.15) is 6.20 Å². The molecular formula is C4H3F3N3O2P. The third-order valence-corrected chi connectivity index (χ3v) is 1.44. The van der Waals surface area contributed by atoms with Crippen molar-refractivity contribution in [1.29, 1.82) is 0 Å². The van der Waals surface area contributed by atoms with E-state index in [1.54, 1.807) is 9.39 Å². The van der Waals surface area contributed by atoms with E-state index in [-0.39, 0.29) is 0 Å². The Hall–Kier alpha value is -1.17. The standard InChI is InChI=1S/C4H3F3N3O2P/c5-4(6,7)3-2(10(11)12)1-9(13)8-3/h1H,13H2. The van der Waals surface area contributed by atoms with Crippen LogP contribution in [0.1, 0.15) is 5.69 Å². The summed E-state index contributed by atoms with van der Waals surface area (Å²) in [5.41, 5.74) is -2.55. The highest BCUT2D eigenvalue weighted by Crippen LogP contribution is 2.34. The number of alkyl halides is 3. The van der Waals surface area contributed by atoms with E-state index in [0.29, 0.717) is 10.6 Å². The molecule has 1 heterocycles. The van der Waals surface area contributed by atoms with E-state index in [9.17, 15) is 23.3 Å². The molecular weight excluding hydrogens is 210 g/mol. The van der Waals surface area contributed by atoms with Crippen LogP contribution in [-0.2, 0) is 6.18 Å². The number of hydrogen-bond donors (Lipinski definition) is 0. The van der Waals surface area contributed by atoms with Gasteiger partial charge in [-0.2, -0.15) is 18.3 Å². The summed E-state index contributed by atoms with van der Waals surface area (Å²) in [6, 6.07) is 0. The number of rotatable bonds is 1. The van der Waals surface area contributed by atoms with Gasteiger partial charge in [0, 0.05) is 0 Å². The molecule has 0 aliphatic carbocycles. The van der Waals surface area contributed by atoms with E-state index in [4.69, 9.17) is 0 Å². The van der Waals surface area contributed by atoms with Gasteiger partial charge in [-0.05, 0) is 9.39 Å². The van der Waals surface area contributed by atoms with Crippen LogP contribution in [0, 0.1) is 10.1 Å². The molecule has 0 aromatic carbocycles. The fourth-order valence-electron chi connectivity index (χ4n) is 0.718. The van der Waals surface area contributed by atoms with Crippen LogP contribution < -0.4 is 0 Å². The normalized spacial score (nSPS) is 11.7. The molecule has 0 amide bonds. The number of nitrogens with zero attached hydrogens (tertiary/aromatic N) is 3. The van der Waals surface area contributed by atoms with Crippen molar-refractivity contribution in [3.05, 3.63) is 22.0 Å². The molecule has 0 saturated heterocycles. The highest BCUT2D eigenvalue weighted by Gasteiger charge is 2.42. The van der Waals surface area contributed by atoms with Crippen molar-refractivity contribution in [2.45, 2.75) is 6.18 Å². The van der Waals surface area contributed by atoms with Crippen LogP contribution in [0.15, 0.2) is 6.20 Å². The van der Waals surface area contributed by atoms with Gasteiger partial charge in [-0.1, -0.05) is 0 Å². The van der Waals surface area contributed by atoms with Gasteiger partial charge in [0.15, 0.2) is 0 Å². The molecule has 1 aromatic rings. The van der Waals surface area contributed by atoms with Crippen LogP contribution >= 0.6 is 9.39 Å². The van der Waals surface area contributed by atoms with Crippen molar-refractivity contribution in [2.75, 3.05) is 0 Å². The van der Waals surface area contributed by atoms with Crippen molar-refractivity contribution in [2.24, 2.45) is 0 Å². The zero-order valence-electron chi connectivity index (χ0n) is 5.95. The molecule has 1 rings (SSSR count). The summed E-state index contributed by atoms with van der Waals surface area (Å²) in [6.45, 7) is 0. The van der Waals surface area contributed by atoms with Crippen molar-refractivity contribution in [3.8, 4) is 0 Å². The maximum atomic E-state index is 12.0. The molecule has 9 heteroatoms. The van der Waals surface area contributed by atoms with E-state index >= 15 is 0 Å². The summed E-state index contributed by atoms with van der Waals surface area (Å²) in [5.74, 6) is 0. The Bertz CT molecular complexity index is 347. The molecule has 13 heavy (non-hydrogen) atoms. The third kappa shape index (κ3) is 1.95. The first-order valence-electron chi connectivity index (χ1n) is 2.88. The number of hydrogen-bond acceptors (Lipinski definition) is 3. The van der Waals surface area contributed by atoms with E-state index in [0.717, 1.165) is 0 Å². The maximum absolute atomic E-state index is 12.0. The van der Waals surface area contributed by atoms with Crippen LogP contribution in [-0.4, -0.2) is 14.5 Å². The second kappa shape index (κ2) is 2.95. The molecule has 0 aliphatic heterocycles. The molecule has 5 nitrogen and oxygen atoms in total. The molecule has 0 spiro atoms. The highest BCUT2D eigenvalue weighted by atomic mass is 31.0. The monoisotopic (exact) mass is 213 g/mol. The van der Waals surface area contributed by atoms with E-state index < -0.39 is 22.5 Å². The largest absolute Gasteiger partial charge is 0.442 e. The third-order valence-electron chi connectivity index (χ3n) is 1.18. The van der Waals surface area contributed by atoms with Crippen LogP contribution in [0.5, 0.6) is 0 Å². The lowest BCUT2D eigenvalue weighted by atomic mass is 10.4. The summed E-state index contributed by atoms with van der Waals surface area (Å²) in [4.78, 5) is 9.00. The average molecular weight is 213 g/mol. The Balaban J connectivity index is 3.28. The van der Waals surface area contributed by atoms with Gasteiger partial charge in [-0.3, -0.25) is 14.6 Å². The first kappa shape index (κ1) is 9.91. The number of aromatic nitrogens is 2. The maximum Gasteiger partial charge on any atom is 0.442 e. The summed E-state index contributed by atoms with van der Waals surface area (Å²) >= 11 is 0. The molecule has 0 saturated carbocycles. The second-order valence-electron chi connectivity index (χ2n) is 2.10. The van der Waals surface area contributed by atoms with E-state index in [1.165, 1.54) is 0 Å². The first-order chi connectivity index (χ1) is 5.82. The first-order valence-corrected chi connectivity index (χ1v) is 3.40. The minimum atomic E-state index is -4.80. The molecule has 0 N–H and O–H groups in total. The fraction of sp³-hybridized carbons (Fsp3) is 0.250. The van der Waals surface area contributed by atoms with Gasteiger partial charge >= 0.3 is 11.9 Å². The van der Waals surface area contributed by atoms with Crippen LogP contribution in [0.2, 0.25) is 0 Å². The quantitative estimate of drug-likeness (QED) is 0.403. The Morgan fingerprint density at radius 2 is 2.15 bits per heavy atom. The van der Waals surface area contributed by atoms with Gasteiger partial charge in [-0.25, -0.2) is 0 Å². The number of nitro groups is 1. The van der Waals surface area contributed by atoms with Gasteiger partial charge < -0.3 is 0 Å². The minimum absolute atomic E-state index is 0.668. The molecule has 72 valence electrons. The van der Waals surface area contributed by atoms with Gasteiger partial charge in [0.2, 0.25) is 5.69 Å². The van der Waals surface area contributed by atoms with Crippen molar-refractivity contribution >= 4 is 15.1 Å². The molecule has 0 fully saturated rings. The van der Waals surface area contributed by atoms with Crippen molar-refractivity contribution in [1.82, 2.24) is 9.55 Å². The topological polar surface area (TPSA) is 61.0 Å². The lowest BCUT2D eigenvalue weighted by Crippen LogP contribution is -2.08. The Labute approximate surface area is 71.9 Å². The average Bonchev–Trinajstić information content (AvgIpc) is 2.29. The zero-order chi connectivity index (χ0) is 10.2. The molecule has 0 aliphatic rings. The van der Waals surface area contributed by atoms with E-state index in [2.05, 4.69) is 5.10 Å². The summed E-state index contributed by atoms with van der Waals surface area (Å²) in [7, 11) is 1.79. The Kier molecular flexibility index (Phi) is 2.25. The highest BCUT2D eigenvalue weighted by molar-refractivity contribution is 7.14. The predicted molar refractivity (Wildman–Crippen MR) is 39.0 cm³/mol. The molecule has 0 bridgehead atoms. The second-order valence-corrected chi connectivity index (χ2v) is 2.63. The summed E-state index contributed by atoms with van der Waals surface area (Å²) in [6.07, 6.45) is -4.13. The smallest absolute Gasteiger partial charge is 0.258 e. The summed E-state index contributed by atoms with van der Waals surface area (Å²) < 4.78 is 36.8. The Morgan fingerprint density at radius 3 is 2.46 bits per heavy atom. The minimum Gasteiger partial charge on any atom is -0.258 e. The van der Waals surface area contributed by atoms with Crippen LogP contribution in [0.4, 0.5) is 18.9 Å². The van der Waals surface area contributed by atoms with Crippen LogP contribution in [0.3, 0.4) is 0 Å². The van der Waals surface area contributed by atoms with Gasteiger partial charge in [0.05, 0.1) is 4.92 Å². The van der Waals surface area contributed by atoms with Crippen LogP contribution in [0.25, 0.3) is 0 Å². The molecule has 1 unspecified atom stereocenters. The molecule has 1 aromatic heterocycles. The van der Waals surface area contributed by atoms with E-state index in [1.807, 2.05) is 0 Å². The zero-order valence-corrected chi connectivity index (χ0v) is 7.10. The lowest BCUT2D eigenvalue weighted by Gasteiger charge is -1.99. The lowest BCUT2D eigenvalue weighted by molar-refractivity contribution is -0.388. The summed E-state index contributed by atoms with van der Waals surface area (Å²) in [5, 5.41) is 13.0. The number of halogens is 3. The SMILES string of the molecule is O=[N+]([O-])c1cn(P)nc1C(F)(F)F. The van der Waals surface area contributed by atoms with Crippen molar-refractivity contribution < 1.29 is 18.1 Å². The molecule has 1 atom stereocenters. The van der Waals surface area contributed by atoms with Gasteiger partial charge in [-0.15, -0.1) is 0 Å². The van der Waals surface area contributed by atoms with Crippen molar-refractivity contribution in [3.63, 3.8) is 0 Å². The van der Waals surface area contributed by atoms with Gasteiger partial charge in [0.25, 0.3) is 0 Å². The molecule has 0 radical (unpaired) electrons. The fourth-order valence-corrected chi connectivity index (χ4v) is 0.974. The Morgan fingerprint density at radius 1 is 1.62 bits per heavy atom.